The van der Waals surface area contributed by atoms with Gasteiger partial charge in [0.2, 0.25) is 0 Å². The lowest BCUT2D eigenvalue weighted by atomic mass is 10.0. The van der Waals surface area contributed by atoms with Crippen molar-refractivity contribution in [1.82, 2.24) is 0 Å². The van der Waals surface area contributed by atoms with Crippen molar-refractivity contribution in [3.05, 3.63) is 0 Å². The van der Waals surface area contributed by atoms with Gasteiger partial charge in [0.1, 0.15) is 0 Å². The van der Waals surface area contributed by atoms with Crippen LogP contribution in [0.25, 0.3) is 0 Å². The maximum Gasteiger partial charge on any atom is 0.267 e. The lowest BCUT2D eigenvalue weighted by Crippen LogP contribution is -2.20. The van der Waals surface area contributed by atoms with Crippen LogP contribution in [0, 0.1) is 0 Å². The van der Waals surface area contributed by atoms with Gasteiger partial charge in [-0.2, -0.15) is 8.42 Å². The quantitative estimate of drug-likeness (QED) is 0.399. The van der Waals surface area contributed by atoms with Crippen LogP contribution >= 0.6 is 0 Å². The van der Waals surface area contributed by atoms with Gasteiger partial charge in [-0.1, -0.05) is 58.8 Å². The van der Waals surface area contributed by atoms with E-state index in [9.17, 15) is 13.5 Å². The van der Waals surface area contributed by atoms with Crippen LogP contribution in [0.4, 0.5) is 0 Å². The molecular weight excluding hydrogens is 276 g/mol. The Morgan fingerprint density at radius 3 is 1.85 bits per heavy atom. The third-order valence-electron chi connectivity index (χ3n) is 3.74. The van der Waals surface area contributed by atoms with E-state index in [4.69, 9.17) is 4.55 Å². The van der Waals surface area contributed by atoms with Crippen molar-refractivity contribution in [3.8, 4) is 0 Å². The predicted molar refractivity (Wildman–Crippen MR) is 83.5 cm³/mol. The zero-order valence-electron chi connectivity index (χ0n) is 13.1. The first-order valence-electron chi connectivity index (χ1n) is 8.06. The molecule has 0 aromatic heterocycles. The Balaban J connectivity index is 3.68. The second kappa shape index (κ2) is 11.5. The Morgan fingerprint density at radius 1 is 0.800 bits per heavy atom. The average Bonchev–Trinajstić information content (AvgIpc) is 2.36. The van der Waals surface area contributed by atoms with Crippen molar-refractivity contribution in [3.63, 3.8) is 0 Å². The van der Waals surface area contributed by atoms with E-state index in [1.807, 2.05) is 6.92 Å². The number of hydrogen-bond donors (Lipinski definition) is 2. The fraction of sp³-hybridized carbons (Fsp3) is 1.00. The van der Waals surface area contributed by atoms with Crippen LogP contribution in [0.1, 0.15) is 84.5 Å². The average molecular weight is 308 g/mol. The molecular formula is C15H32O4S. The molecule has 0 rings (SSSR count). The smallest absolute Gasteiger partial charge is 0.267 e. The van der Waals surface area contributed by atoms with Crippen LogP contribution in [-0.4, -0.2) is 29.4 Å². The molecule has 0 heterocycles. The highest BCUT2D eigenvalue weighted by molar-refractivity contribution is 7.86. The van der Waals surface area contributed by atoms with Gasteiger partial charge in [-0.05, 0) is 25.7 Å². The van der Waals surface area contributed by atoms with Crippen LogP contribution in [0.5, 0.6) is 0 Å². The largest absolute Gasteiger partial charge is 0.393 e. The highest BCUT2D eigenvalue weighted by atomic mass is 32.2. The van der Waals surface area contributed by atoms with Crippen LogP contribution in [-0.2, 0) is 10.1 Å². The molecule has 0 fully saturated rings. The van der Waals surface area contributed by atoms with Gasteiger partial charge in [-0.3, -0.25) is 4.55 Å². The molecule has 20 heavy (non-hydrogen) atoms. The summed E-state index contributed by atoms with van der Waals surface area (Å²) in [6.45, 7) is 4.07. The van der Waals surface area contributed by atoms with E-state index in [-0.39, 0.29) is 6.10 Å². The predicted octanol–water partition coefficient (Wildman–Crippen LogP) is 3.93. The molecule has 0 amide bonds. The fourth-order valence-corrected chi connectivity index (χ4v) is 3.47. The summed E-state index contributed by atoms with van der Waals surface area (Å²) in [7, 11) is -3.89. The summed E-state index contributed by atoms with van der Waals surface area (Å²) in [5, 5.41) is 9.15. The van der Waals surface area contributed by atoms with E-state index in [2.05, 4.69) is 6.92 Å². The number of hydrogen-bond acceptors (Lipinski definition) is 3. The summed E-state index contributed by atoms with van der Waals surface area (Å²) in [4.78, 5) is 0. The lowest BCUT2D eigenvalue weighted by Gasteiger charge is -2.13. The van der Waals surface area contributed by atoms with E-state index in [1.54, 1.807) is 0 Å². The molecule has 0 aromatic carbocycles. The van der Waals surface area contributed by atoms with Crippen LogP contribution in [0.2, 0.25) is 0 Å². The van der Waals surface area contributed by atoms with Gasteiger partial charge >= 0.3 is 0 Å². The number of rotatable bonds is 13. The number of unbranched alkanes of at least 4 members (excludes halogenated alkanes) is 4. The van der Waals surface area contributed by atoms with Crippen molar-refractivity contribution in [1.29, 1.82) is 0 Å². The third-order valence-corrected chi connectivity index (χ3v) is 5.05. The minimum absolute atomic E-state index is 0.213. The van der Waals surface area contributed by atoms with Gasteiger partial charge in [-0.15, -0.1) is 0 Å². The highest BCUT2D eigenvalue weighted by Gasteiger charge is 2.21. The summed E-state index contributed by atoms with van der Waals surface area (Å²) in [5.41, 5.74) is 0. The Morgan fingerprint density at radius 2 is 1.35 bits per heavy atom. The molecule has 0 radical (unpaired) electrons. The molecule has 0 saturated heterocycles. The van der Waals surface area contributed by atoms with Crippen molar-refractivity contribution >= 4 is 10.1 Å². The molecule has 4 nitrogen and oxygen atoms in total. The molecule has 0 saturated carbocycles. The Labute approximate surface area is 124 Å². The first-order valence-corrected chi connectivity index (χ1v) is 9.56. The zero-order chi connectivity index (χ0) is 15.4. The van der Waals surface area contributed by atoms with Gasteiger partial charge in [0.05, 0.1) is 11.4 Å². The highest BCUT2D eigenvalue weighted by Crippen LogP contribution is 2.17. The number of aliphatic hydroxyl groups excluding tert-OH is 1. The Bertz CT molecular complexity index is 314. The fourth-order valence-electron chi connectivity index (χ4n) is 2.47. The van der Waals surface area contributed by atoms with Crippen molar-refractivity contribution in [2.75, 3.05) is 0 Å². The molecule has 0 bridgehead atoms. The molecule has 0 aliphatic rings. The molecule has 2 N–H and O–H groups in total. The summed E-state index contributed by atoms with van der Waals surface area (Å²) in [6, 6.07) is 0. The standard InChI is InChI=1S/C15H32O4S/c1-3-5-7-11-14(16)12-8-6-9-13-15(10-4-2)20(17,18)19/h14-16H,3-13H2,1-2H3,(H,17,18,19). The van der Waals surface area contributed by atoms with Crippen molar-refractivity contribution < 1.29 is 18.1 Å². The first-order chi connectivity index (χ1) is 9.41. The SMILES string of the molecule is CCCCCC(O)CCCCCC(CCC)S(=O)(=O)O. The van der Waals surface area contributed by atoms with E-state index < -0.39 is 15.4 Å². The maximum atomic E-state index is 11.2. The molecule has 122 valence electrons. The van der Waals surface area contributed by atoms with Gasteiger partial charge < -0.3 is 5.11 Å². The topological polar surface area (TPSA) is 74.6 Å². The Kier molecular flexibility index (Phi) is 11.4. The zero-order valence-corrected chi connectivity index (χ0v) is 13.9. The van der Waals surface area contributed by atoms with Crippen LogP contribution in [0.3, 0.4) is 0 Å². The van der Waals surface area contributed by atoms with Crippen LogP contribution < -0.4 is 0 Å². The third kappa shape index (κ3) is 10.6. The maximum absolute atomic E-state index is 11.2. The number of aliphatic hydroxyl groups is 1. The summed E-state index contributed by atoms with van der Waals surface area (Å²) < 4.78 is 31.4. The van der Waals surface area contributed by atoms with Crippen LogP contribution in [0.15, 0.2) is 0 Å². The van der Waals surface area contributed by atoms with Gasteiger partial charge in [0, 0.05) is 0 Å². The minimum atomic E-state index is -3.89. The van der Waals surface area contributed by atoms with E-state index >= 15 is 0 Å². The molecule has 2 atom stereocenters. The summed E-state index contributed by atoms with van der Waals surface area (Å²) >= 11 is 0. The summed E-state index contributed by atoms with van der Waals surface area (Å²) in [6.07, 6.45) is 9.34. The van der Waals surface area contributed by atoms with E-state index in [0.29, 0.717) is 12.8 Å². The van der Waals surface area contributed by atoms with E-state index in [0.717, 1.165) is 44.9 Å². The first kappa shape index (κ1) is 19.9. The van der Waals surface area contributed by atoms with Gasteiger partial charge in [0.15, 0.2) is 0 Å². The van der Waals surface area contributed by atoms with Gasteiger partial charge in [-0.25, -0.2) is 0 Å². The molecule has 0 spiro atoms. The van der Waals surface area contributed by atoms with E-state index in [1.165, 1.54) is 12.8 Å². The monoisotopic (exact) mass is 308 g/mol. The molecule has 0 aromatic rings. The molecule has 5 heteroatoms. The second-order valence-electron chi connectivity index (χ2n) is 5.71. The molecule has 0 aliphatic carbocycles. The lowest BCUT2D eigenvalue weighted by molar-refractivity contribution is 0.147. The Hall–Kier alpha value is -0.130. The molecule has 0 aliphatic heterocycles. The molecule has 2 unspecified atom stereocenters. The normalized spacial score (nSPS) is 15.2. The van der Waals surface area contributed by atoms with Crippen molar-refractivity contribution in [2.45, 2.75) is 95.8 Å². The van der Waals surface area contributed by atoms with Crippen molar-refractivity contribution in [2.24, 2.45) is 0 Å². The van der Waals surface area contributed by atoms with Gasteiger partial charge in [0.25, 0.3) is 10.1 Å². The summed E-state index contributed by atoms with van der Waals surface area (Å²) in [5.74, 6) is 0. The second-order valence-corrected chi connectivity index (χ2v) is 7.41. The minimum Gasteiger partial charge on any atom is -0.393 e.